The van der Waals surface area contributed by atoms with Crippen LogP contribution in [0.5, 0.6) is 0 Å². The average molecular weight is 562 g/mol. The van der Waals surface area contributed by atoms with Gasteiger partial charge in [-0.05, 0) is 29.3 Å². The van der Waals surface area contributed by atoms with E-state index in [9.17, 15) is 9.59 Å². The van der Waals surface area contributed by atoms with E-state index in [0.29, 0.717) is 28.8 Å². The smallest absolute Gasteiger partial charge is 0.326 e. The van der Waals surface area contributed by atoms with Crippen molar-refractivity contribution < 1.29 is 14.7 Å². The molecule has 0 aliphatic heterocycles. The minimum Gasteiger partial charge on any atom is -0.480 e. The summed E-state index contributed by atoms with van der Waals surface area (Å²) in [6.07, 6.45) is 2.06. The molecule has 4 aromatic rings. The third-order valence-electron chi connectivity index (χ3n) is 5.28. The topological polar surface area (TPSA) is 169 Å². The van der Waals surface area contributed by atoms with Crippen molar-refractivity contribution in [3.8, 4) is 0 Å². The fraction of sp³-hybridized carbons (Fsp3) is 0.207. The lowest BCUT2D eigenvalue weighted by atomic mass is 10.00. The van der Waals surface area contributed by atoms with Gasteiger partial charge in [0.2, 0.25) is 6.41 Å². The van der Waals surface area contributed by atoms with Gasteiger partial charge in [-0.2, -0.15) is 0 Å². The number of nitrogens with zero attached hydrogens (tertiary/aromatic N) is 3. The van der Waals surface area contributed by atoms with Crippen molar-refractivity contribution in [1.29, 1.82) is 0 Å². The zero-order chi connectivity index (χ0) is 29.2. The number of carboxylic acids is 1. The second kappa shape index (κ2) is 18.1. The van der Waals surface area contributed by atoms with E-state index >= 15 is 0 Å². The first-order valence-corrected chi connectivity index (χ1v) is 13.6. The molecule has 10 nitrogen and oxygen atoms in total. The number of carbonyl (C=O) groups excluding carboxylic acids is 1. The molecule has 2 aromatic heterocycles. The third-order valence-corrected chi connectivity index (χ3v) is 6.18. The van der Waals surface area contributed by atoms with Crippen LogP contribution in [0.15, 0.2) is 96.3 Å². The molecule has 210 valence electrons. The number of pyridine rings is 1. The second-order valence-corrected chi connectivity index (χ2v) is 8.92. The highest BCUT2D eigenvalue weighted by molar-refractivity contribution is 7.98. The quantitative estimate of drug-likeness (QED) is 0.0597. The van der Waals surface area contributed by atoms with E-state index in [4.69, 9.17) is 16.7 Å². The number of thioether (sulfide) groups is 1. The Kier molecular flexibility index (Phi) is 14.4. The number of rotatable bonds is 11. The number of aliphatic carboxylic acids is 1. The van der Waals surface area contributed by atoms with E-state index in [0.717, 1.165) is 5.69 Å². The Hall–Kier alpha value is -4.32. The molecule has 2 aromatic carbocycles. The summed E-state index contributed by atoms with van der Waals surface area (Å²) >= 11 is 1.38. The lowest BCUT2D eigenvalue weighted by Crippen LogP contribution is -2.37. The maximum absolute atomic E-state index is 11.0. The number of nitrogen functional groups attached to an aromatic ring is 1. The Morgan fingerprint density at radius 2 is 1.52 bits per heavy atom. The Morgan fingerprint density at radius 1 is 0.925 bits per heavy atom. The molecule has 1 amide bonds. The van der Waals surface area contributed by atoms with Crippen molar-refractivity contribution in [3.05, 3.63) is 114 Å². The fourth-order valence-corrected chi connectivity index (χ4v) is 4.21. The first-order chi connectivity index (χ1) is 19.5. The third kappa shape index (κ3) is 10.8. The van der Waals surface area contributed by atoms with Crippen LogP contribution in [0.4, 0.5) is 5.82 Å². The average Bonchev–Trinajstić information content (AvgIpc) is 2.99. The van der Waals surface area contributed by atoms with Crippen molar-refractivity contribution in [2.45, 2.75) is 43.3 Å². The number of hydrogen-bond donors (Lipinski definition) is 5. The molecule has 0 bridgehead atoms. The van der Waals surface area contributed by atoms with Gasteiger partial charge in [0, 0.05) is 24.1 Å². The molecule has 11 heteroatoms. The van der Waals surface area contributed by atoms with Gasteiger partial charge in [0.15, 0.2) is 5.16 Å². The van der Waals surface area contributed by atoms with Gasteiger partial charge in [0.25, 0.3) is 0 Å². The van der Waals surface area contributed by atoms with Crippen molar-refractivity contribution in [2.75, 3.05) is 5.73 Å². The molecule has 0 aliphatic carbocycles. The van der Waals surface area contributed by atoms with Crippen molar-refractivity contribution >= 4 is 30.0 Å². The SMILES string of the molecule is CC.NNC(c1ccccc1)c1ccccc1.Nc1ccnc(SCc2cccc(CC(NC=O)C(=O)O)n2)n1. The normalized spacial score (nSPS) is 10.8. The highest BCUT2D eigenvalue weighted by atomic mass is 32.2. The zero-order valence-electron chi connectivity index (χ0n) is 22.5. The minimum atomic E-state index is -1.10. The summed E-state index contributed by atoms with van der Waals surface area (Å²) in [5.74, 6) is 5.40. The molecular formula is C29H35N7O3S. The summed E-state index contributed by atoms with van der Waals surface area (Å²) < 4.78 is 0. The number of nitrogens with one attached hydrogen (secondary N) is 2. The number of benzene rings is 2. The van der Waals surface area contributed by atoms with Gasteiger partial charge in [-0.25, -0.2) is 20.2 Å². The van der Waals surface area contributed by atoms with Crippen LogP contribution in [0, 0.1) is 0 Å². The van der Waals surface area contributed by atoms with Crippen LogP contribution in [0.1, 0.15) is 42.4 Å². The number of aromatic nitrogens is 3. The molecule has 40 heavy (non-hydrogen) atoms. The molecule has 0 saturated carbocycles. The largest absolute Gasteiger partial charge is 0.480 e. The van der Waals surface area contributed by atoms with Crippen molar-refractivity contribution in [3.63, 3.8) is 0 Å². The summed E-state index contributed by atoms with van der Waals surface area (Å²) in [6.45, 7) is 4.00. The van der Waals surface area contributed by atoms with Gasteiger partial charge in [-0.1, -0.05) is 92.3 Å². The summed E-state index contributed by atoms with van der Waals surface area (Å²) in [5.41, 5.74) is 12.1. The summed E-state index contributed by atoms with van der Waals surface area (Å²) in [5, 5.41) is 11.8. The first-order valence-electron chi connectivity index (χ1n) is 12.6. The van der Waals surface area contributed by atoms with E-state index in [-0.39, 0.29) is 12.5 Å². The summed E-state index contributed by atoms with van der Waals surface area (Å²) in [4.78, 5) is 34.0. The molecule has 1 unspecified atom stereocenters. The summed E-state index contributed by atoms with van der Waals surface area (Å²) in [7, 11) is 0. The number of nitrogens with two attached hydrogens (primary N) is 2. The van der Waals surface area contributed by atoms with Gasteiger partial charge in [-0.3, -0.25) is 15.6 Å². The van der Waals surface area contributed by atoms with Gasteiger partial charge >= 0.3 is 5.97 Å². The summed E-state index contributed by atoms with van der Waals surface area (Å²) in [6, 6.07) is 26.3. The van der Waals surface area contributed by atoms with Gasteiger partial charge in [0.05, 0.1) is 11.7 Å². The predicted octanol–water partition coefficient (Wildman–Crippen LogP) is 3.75. The highest BCUT2D eigenvalue weighted by Crippen LogP contribution is 2.20. The number of amides is 1. The molecule has 2 heterocycles. The van der Waals surface area contributed by atoms with Crippen LogP contribution < -0.4 is 22.3 Å². The standard InChI is InChI=1S/C14H15N5O3S.C13H14N2.C2H6/c15-12-4-5-16-14(19-12)23-7-10-3-1-2-9(18-10)6-11(13(21)22)17-8-20;14-15-13(11-7-3-1-4-8-11)12-9-5-2-6-10-12;1-2/h1-5,8,11H,6-7H2,(H,17,20)(H,21,22)(H2,15,16,19);1-10,13,15H,14H2;1-2H3. The number of anilines is 1. The molecule has 0 aliphatic rings. The maximum Gasteiger partial charge on any atom is 0.326 e. The van der Waals surface area contributed by atoms with Gasteiger partial charge < -0.3 is 16.2 Å². The molecule has 4 rings (SSSR count). The molecule has 0 fully saturated rings. The van der Waals surface area contributed by atoms with E-state index in [1.165, 1.54) is 22.9 Å². The minimum absolute atomic E-state index is 0.0624. The van der Waals surface area contributed by atoms with Crippen LogP contribution in [0.2, 0.25) is 0 Å². The van der Waals surface area contributed by atoms with E-state index in [2.05, 4.69) is 50.0 Å². The van der Waals surface area contributed by atoms with Crippen LogP contribution in [0.3, 0.4) is 0 Å². The molecule has 1 atom stereocenters. The van der Waals surface area contributed by atoms with Crippen LogP contribution in [-0.2, 0) is 21.8 Å². The van der Waals surface area contributed by atoms with Crippen molar-refractivity contribution in [2.24, 2.45) is 5.84 Å². The van der Waals surface area contributed by atoms with E-state index < -0.39 is 12.0 Å². The number of hydrogen-bond acceptors (Lipinski definition) is 9. The molecule has 0 saturated heterocycles. The Labute approximate surface area is 238 Å². The molecule has 0 spiro atoms. The number of hydrazine groups is 1. The van der Waals surface area contributed by atoms with E-state index in [1.807, 2.05) is 56.3 Å². The predicted molar refractivity (Wildman–Crippen MR) is 158 cm³/mol. The lowest BCUT2D eigenvalue weighted by Gasteiger charge is -2.16. The van der Waals surface area contributed by atoms with Gasteiger partial charge in [0.1, 0.15) is 11.9 Å². The monoisotopic (exact) mass is 561 g/mol. The Balaban J connectivity index is 0.000000284. The Morgan fingerprint density at radius 3 is 2.05 bits per heavy atom. The molecular weight excluding hydrogens is 526 g/mol. The lowest BCUT2D eigenvalue weighted by molar-refractivity contribution is -0.140. The van der Waals surface area contributed by atoms with Gasteiger partial charge in [-0.15, -0.1) is 0 Å². The second-order valence-electron chi connectivity index (χ2n) is 7.97. The van der Waals surface area contributed by atoms with Crippen molar-refractivity contribution in [1.82, 2.24) is 25.7 Å². The molecule has 0 radical (unpaired) electrons. The molecule has 7 N–H and O–H groups in total. The first kappa shape index (κ1) is 31.9. The Bertz CT molecular complexity index is 1260. The fourth-order valence-electron chi connectivity index (χ4n) is 3.47. The number of carbonyl (C=O) groups is 2. The van der Waals surface area contributed by atoms with Crippen LogP contribution in [0.25, 0.3) is 0 Å². The maximum atomic E-state index is 11.0. The van der Waals surface area contributed by atoms with Crippen LogP contribution >= 0.6 is 11.8 Å². The van der Waals surface area contributed by atoms with Crippen LogP contribution in [-0.4, -0.2) is 38.5 Å². The zero-order valence-corrected chi connectivity index (χ0v) is 23.3. The number of carboxylic acid groups (broad SMARTS) is 1. The highest BCUT2D eigenvalue weighted by Gasteiger charge is 2.17. The van der Waals surface area contributed by atoms with E-state index in [1.54, 1.807) is 24.4 Å².